The SMILES string of the molecule is C=Cc1ccc(Cl)cn1.CC(=O)Nc1ccc([As](=O)(O)O)c(O)c1.COC=O. The fraction of sp³-hybridized carbons (Fsp3) is 0.118. The van der Waals surface area contributed by atoms with E-state index in [1.807, 2.05) is 6.07 Å². The Labute approximate surface area is 169 Å². The number of aromatic hydroxyl groups is 1. The molecule has 1 heterocycles. The van der Waals surface area contributed by atoms with E-state index in [0.29, 0.717) is 11.5 Å². The molecule has 0 aliphatic rings. The largest absolute Gasteiger partial charge is 0.471 e. The van der Waals surface area contributed by atoms with Crippen LogP contribution < -0.4 is 9.67 Å². The predicted molar refractivity (Wildman–Crippen MR) is 105 cm³/mol. The van der Waals surface area contributed by atoms with Crippen molar-refractivity contribution >= 4 is 54.3 Å². The maximum atomic E-state index is 10.9. The number of halogens is 1. The van der Waals surface area contributed by atoms with E-state index in [1.54, 1.807) is 18.3 Å². The van der Waals surface area contributed by atoms with Gasteiger partial charge in [-0.1, -0.05) is 18.2 Å². The molecule has 0 aliphatic heterocycles. The summed E-state index contributed by atoms with van der Waals surface area (Å²) in [5, 5.41) is 12.3. The monoisotopic (exact) mass is 474 g/mol. The van der Waals surface area contributed by atoms with Gasteiger partial charge in [0, 0.05) is 6.20 Å². The minimum atomic E-state index is -5.09. The Hall–Kier alpha value is -2.58. The summed E-state index contributed by atoms with van der Waals surface area (Å²) >= 11 is 0.485. The topological polar surface area (TPSA) is 146 Å². The van der Waals surface area contributed by atoms with Crippen LogP contribution in [0.25, 0.3) is 6.08 Å². The molecule has 0 saturated carbocycles. The number of amides is 1. The number of rotatable bonds is 4. The van der Waals surface area contributed by atoms with E-state index in [9.17, 15) is 13.6 Å². The molecule has 0 fully saturated rings. The zero-order valence-corrected chi connectivity index (χ0v) is 17.7. The van der Waals surface area contributed by atoms with E-state index in [4.69, 9.17) is 24.6 Å². The smallest absolute Gasteiger partial charge is 0.292 e. The summed E-state index contributed by atoms with van der Waals surface area (Å²) in [7, 11) is 1.31. The molecule has 1 aromatic heterocycles. The van der Waals surface area contributed by atoms with Gasteiger partial charge in [-0.15, -0.1) is 0 Å². The van der Waals surface area contributed by atoms with Crippen molar-refractivity contribution in [3.05, 3.63) is 53.8 Å². The molecular weight excluding hydrogens is 455 g/mol. The minimum Gasteiger partial charge on any atom is -0.471 e. The third-order valence-electron chi connectivity index (χ3n) is 2.67. The molecule has 4 N–H and O–H groups in total. The first-order chi connectivity index (χ1) is 13.0. The quantitative estimate of drug-likeness (QED) is 0.380. The second-order valence-electron chi connectivity index (χ2n) is 4.87. The van der Waals surface area contributed by atoms with Crippen LogP contribution in [-0.4, -0.2) is 51.9 Å². The third-order valence-corrected chi connectivity index (χ3v) is 5.00. The number of aromatic nitrogens is 1. The average Bonchev–Trinajstić information content (AvgIpc) is 2.61. The van der Waals surface area contributed by atoms with Crippen LogP contribution in [0.1, 0.15) is 12.6 Å². The van der Waals surface area contributed by atoms with Gasteiger partial charge in [-0.05, 0) is 18.2 Å². The Kier molecular flexibility index (Phi) is 11.6. The normalized spacial score (nSPS) is 9.61. The fourth-order valence-electron chi connectivity index (χ4n) is 1.56. The van der Waals surface area contributed by atoms with E-state index in [1.165, 1.54) is 20.1 Å². The molecule has 0 atom stereocenters. The van der Waals surface area contributed by atoms with Gasteiger partial charge in [0.1, 0.15) is 0 Å². The molecule has 0 bridgehead atoms. The molecule has 2 rings (SSSR count). The van der Waals surface area contributed by atoms with Crippen molar-refractivity contribution in [2.45, 2.75) is 6.92 Å². The number of anilines is 1. The number of carbonyl (C=O) groups is 2. The number of phenols is 1. The molecule has 0 aliphatic carbocycles. The van der Waals surface area contributed by atoms with Crippen LogP contribution in [0.2, 0.25) is 5.02 Å². The molecular formula is C17H20AsClN2O7. The van der Waals surface area contributed by atoms with Gasteiger partial charge in [-0.25, -0.2) is 0 Å². The molecule has 0 spiro atoms. The molecule has 0 saturated heterocycles. The fourth-order valence-corrected chi connectivity index (χ4v) is 3.00. The number of hydrogen-bond donors (Lipinski definition) is 4. The molecule has 9 nitrogen and oxygen atoms in total. The number of nitrogens with zero attached hydrogens (tertiary/aromatic N) is 1. The van der Waals surface area contributed by atoms with Gasteiger partial charge in [0.15, 0.2) is 0 Å². The predicted octanol–water partition coefficient (Wildman–Crippen LogP) is 1.08. The van der Waals surface area contributed by atoms with E-state index in [2.05, 4.69) is 21.6 Å². The maximum absolute atomic E-state index is 10.9. The average molecular weight is 475 g/mol. The number of phenolic OH excluding ortho intramolecular Hbond substituents is 1. The number of carbonyl (C=O) groups excluding carboxylic acids is 2. The Bertz CT molecular complexity index is 838. The molecule has 2 aromatic rings. The molecule has 28 heavy (non-hydrogen) atoms. The second-order valence-corrected chi connectivity index (χ2v) is 8.60. The molecule has 11 heteroatoms. The number of methoxy groups -OCH3 is 1. The molecule has 1 aromatic carbocycles. The summed E-state index contributed by atoms with van der Waals surface area (Å²) in [5.41, 5.74) is 1.13. The van der Waals surface area contributed by atoms with Crippen LogP contribution in [-0.2, 0) is 18.1 Å². The standard InChI is InChI=1S/C8H10AsNO5.C7H6ClN.C2H4O2/c1-5(11)10-6-2-3-7(8(12)4-6)9(13,14)15;1-2-7-4-3-6(8)5-9-7;1-4-2-3/h2-4,12H,1H3,(H,10,11)(H2,13,14,15);2-5H,1H2;2H,1H3. The van der Waals surface area contributed by atoms with Gasteiger partial charge < -0.3 is 4.74 Å². The second kappa shape index (κ2) is 12.7. The first kappa shape index (κ1) is 25.4. The van der Waals surface area contributed by atoms with Crippen LogP contribution in [0.3, 0.4) is 0 Å². The zero-order chi connectivity index (χ0) is 21.7. The van der Waals surface area contributed by atoms with Crippen molar-refractivity contribution in [3.63, 3.8) is 0 Å². The minimum absolute atomic E-state index is 0.285. The molecule has 1 amide bonds. The van der Waals surface area contributed by atoms with Crippen molar-refractivity contribution in [1.29, 1.82) is 0 Å². The van der Waals surface area contributed by atoms with Crippen LogP contribution >= 0.6 is 11.6 Å². The number of pyridine rings is 1. The van der Waals surface area contributed by atoms with E-state index in [-0.39, 0.29) is 11.6 Å². The number of hydrogen-bond acceptors (Lipinski definition) is 6. The van der Waals surface area contributed by atoms with Crippen molar-refractivity contribution < 1.29 is 31.4 Å². The number of benzene rings is 1. The van der Waals surface area contributed by atoms with Gasteiger partial charge in [0.2, 0.25) is 0 Å². The van der Waals surface area contributed by atoms with Crippen LogP contribution in [0.4, 0.5) is 5.69 Å². The van der Waals surface area contributed by atoms with Gasteiger partial charge in [-0.3, -0.25) is 9.78 Å². The van der Waals surface area contributed by atoms with Crippen molar-refractivity contribution in [2.75, 3.05) is 12.4 Å². The summed E-state index contributed by atoms with van der Waals surface area (Å²) < 4.78 is 32.1. The Morgan fingerprint density at radius 2 is 1.93 bits per heavy atom. The van der Waals surface area contributed by atoms with E-state index >= 15 is 0 Å². The van der Waals surface area contributed by atoms with Crippen molar-refractivity contribution in [1.82, 2.24) is 4.98 Å². The Morgan fingerprint density at radius 1 is 1.32 bits per heavy atom. The summed E-state index contributed by atoms with van der Waals surface area (Å²) in [4.78, 5) is 23.6. The molecule has 0 unspecified atom stereocenters. The summed E-state index contributed by atoms with van der Waals surface area (Å²) in [6.45, 7) is 5.22. The van der Waals surface area contributed by atoms with E-state index in [0.717, 1.165) is 17.8 Å². The number of nitrogens with one attached hydrogen (secondary N) is 1. The molecule has 0 radical (unpaired) electrons. The first-order valence-electron chi connectivity index (χ1n) is 7.42. The Balaban J connectivity index is 0.000000473. The first-order valence-corrected chi connectivity index (χ1v) is 11.2. The van der Waals surface area contributed by atoms with Gasteiger partial charge in [0.25, 0.3) is 6.47 Å². The van der Waals surface area contributed by atoms with E-state index < -0.39 is 24.3 Å². The summed E-state index contributed by atoms with van der Waals surface area (Å²) in [6.07, 6.45) is 3.27. The van der Waals surface area contributed by atoms with Gasteiger partial charge in [-0.2, -0.15) is 0 Å². The summed E-state index contributed by atoms with van der Waals surface area (Å²) in [6, 6.07) is 7.11. The number of ether oxygens (including phenoxy) is 1. The summed E-state index contributed by atoms with van der Waals surface area (Å²) in [5.74, 6) is -0.850. The van der Waals surface area contributed by atoms with Crippen LogP contribution in [0.5, 0.6) is 5.75 Å². The van der Waals surface area contributed by atoms with Crippen molar-refractivity contribution in [3.8, 4) is 5.75 Å². The van der Waals surface area contributed by atoms with Crippen LogP contribution in [0, 0.1) is 0 Å². The van der Waals surface area contributed by atoms with Crippen LogP contribution in [0.15, 0.2) is 43.1 Å². The van der Waals surface area contributed by atoms with Gasteiger partial charge >= 0.3 is 88.1 Å². The molecule has 152 valence electrons. The third kappa shape index (κ3) is 10.5. The van der Waals surface area contributed by atoms with Crippen molar-refractivity contribution in [2.24, 2.45) is 0 Å². The zero-order valence-electron chi connectivity index (χ0n) is 15.1. The van der Waals surface area contributed by atoms with Gasteiger partial charge in [0.05, 0.1) is 17.8 Å². The Morgan fingerprint density at radius 3 is 2.29 bits per heavy atom. The maximum Gasteiger partial charge on any atom is 0.292 e.